The van der Waals surface area contributed by atoms with Gasteiger partial charge in [-0.2, -0.15) is 0 Å². The molecule has 3 aromatic carbocycles. The van der Waals surface area contributed by atoms with Crippen molar-refractivity contribution in [3.8, 4) is 28.3 Å². The topological polar surface area (TPSA) is 72.7 Å². The number of anilines is 1. The normalized spacial score (nSPS) is 13.4. The Labute approximate surface area is 233 Å². The van der Waals surface area contributed by atoms with E-state index >= 15 is 0 Å². The number of piperazine rings is 1. The van der Waals surface area contributed by atoms with Crippen molar-refractivity contribution in [1.29, 1.82) is 0 Å². The molecule has 0 aliphatic carbocycles. The zero-order valence-electron chi connectivity index (χ0n) is 22.7. The molecule has 5 aromatic rings. The first-order valence-corrected chi connectivity index (χ1v) is 13.4. The van der Waals surface area contributed by atoms with Gasteiger partial charge in [-0.15, -0.1) is 0 Å². The summed E-state index contributed by atoms with van der Waals surface area (Å²) in [6.07, 6.45) is 3.73. The standard InChI is InChI=1S/C32H31N5O3/c1-23-12-14-25(15-13-23)40-21-29(38)35-16-18-36(19-17-35)31-30-26(24-8-4-3-5-9-24)20-37(32(30)34-22-33-31)27-10-6-7-11-28(27)39-2/h3-15,20,22H,16-19,21H2,1-2H3. The fraction of sp³-hybridized carbons (Fsp3) is 0.219. The number of amides is 1. The number of carbonyl (C=O) groups excluding carboxylic acids is 1. The molecule has 1 amide bonds. The van der Waals surface area contributed by atoms with E-state index in [0.717, 1.165) is 45.0 Å². The molecule has 0 radical (unpaired) electrons. The highest BCUT2D eigenvalue weighted by Crippen LogP contribution is 2.38. The van der Waals surface area contributed by atoms with Crippen LogP contribution in [0.5, 0.6) is 11.5 Å². The van der Waals surface area contributed by atoms with Crippen molar-refractivity contribution in [2.75, 3.05) is 44.8 Å². The molecular weight excluding hydrogens is 502 g/mol. The Morgan fingerprint density at radius 3 is 2.35 bits per heavy atom. The second-order valence-electron chi connectivity index (χ2n) is 9.82. The highest BCUT2D eigenvalue weighted by atomic mass is 16.5. The van der Waals surface area contributed by atoms with Crippen LogP contribution in [-0.2, 0) is 4.79 Å². The molecule has 2 aromatic heterocycles. The van der Waals surface area contributed by atoms with E-state index < -0.39 is 0 Å². The quantitative estimate of drug-likeness (QED) is 0.289. The molecule has 0 unspecified atom stereocenters. The molecule has 202 valence electrons. The van der Waals surface area contributed by atoms with E-state index in [1.807, 2.05) is 78.6 Å². The summed E-state index contributed by atoms with van der Waals surface area (Å²) in [6.45, 7) is 4.56. The summed E-state index contributed by atoms with van der Waals surface area (Å²) in [5, 5.41) is 0.974. The Hall–Kier alpha value is -4.85. The highest BCUT2D eigenvalue weighted by molar-refractivity contribution is 6.02. The smallest absolute Gasteiger partial charge is 0.260 e. The maximum atomic E-state index is 12.9. The number of hydrogen-bond acceptors (Lipinski definition) is 6. The van der Waals surface area contributed by atoms with Gasteiger partial charge in [0.05, 0.1) is 18.2 Å². The molecule has 8 heteroatoms. The largest absolute Gasteiger partial charge is 0.495 e. The number of aromatic nitrogens is 3. The number of nitrogens with zero attached hydrogens (tertiary/aromatic N) is 5. The maximum Gasteiger partial charge on any atom is 0.260 e. The maximum absolute atomic E-state index is 12.9. The van der Waals surface area contributed by atoms with Crippen LogP contribution < -0.4 is 14.4 Å². The van der Waals surface area contributed by atoms with Crippen molar-refractivity contribution in [2.45, 2.75) is 6.92 Å². The lowest BCUT2D eigenvalue weighted by Crippen LogP contribution is -2.50. The first kappa shape index (κ1) is 25.4. The van der Waals surface area contributed by atoms with Gasteiger partial charge in [0.25, 0.3) is 5.91 Å². The molecule has 0 spiro atoms. The van der Waals surface area contributed by atoms with Crippen LogP contribution in [0.15, 0.2) is 91.4 Å². The van der Waals surface area contributed by atoms with Crippen LogP contribution in [0.1, 0.15) is 5.56 Å². The monoisotopic (exact) mass is 533 g/mol. The molecule has 0 N–H and O–H groups in total. The lowest BCUT2D eigenvalue weighted by Gasteiger charge is -2.35. The van der Waals surface area contributed by atoms with E-state index in [4.69, 9.17) is 19.4 Å². The predicted molar refractivity (Wildman–Crippen MR) is 156 cm³/mol. The number of rotatable bonds is 7. The van der Waals surface area contributed by atoms with Crippen molar-refractivity contribution >= 4 is 22.8 Å². The summed E-state index contributed by atoms with van der Waals surface area (Å²) in [5.41, 5.74) is 4.99. The Morgan fingerprint density at radius 2 is 1.60 bits per heavy atom. The Bertz CT molecular complexity index is 1620. The number of hydrogen-bond donors (Lipinski definition) is 0. The molecule has 40 heavy (non-hydrogen) atoms. The minimum atomic E-state index is -0.0136. The van der Waals surface area contributed by atoms with Crippen LogP contribution in [0.3, 0.4) is 0 Å². The van der Waals surface area contributed by atoms with E-state index in [1.165, 1.54) is 0 Å². The average molecular weight is 534 g/mol. The molecule has 1 fully saturated rings. The van der Waals surface area contributed by atoms with Crippen molar-refractivity contribution in [2.24, 2.45) is 0 Å². The van der Waals surface area contributed by atoms with Gasteiger partial charge in [0.2, 0.25) is 0 Å². The van der Waals surface area contributed by atoms with Gasteiger partial charge < -0.3 is 19.3 Å². The van der Waals surface area contributed by atoms with Crippen molar-refractivity contribution in [3.05, 3.63) is 97.0 Å². The van der Waals surface area contributed by atoms with Gasteiger partial charge in [-0.25, -0.2) is 9.97 Å². The summed E-state index contributed by atoms with van der Waals surface area (Å²) in [5.74, 6) is 2.31. The molecule has 0 bridgehead atoms. The molecule has 3 heterocycles. The molecular formula is C32H31N5O3. The second kappa shape index (κ2) is 11.1. The van der Waals surface area contributed by atoms with Gasteiger partial charge in [0, 0.05) is 37.9 Å². The molecule has 0 saturated carbocycles. The number of aryl methyl sites for hydroxylation is 1. The summed E-state index contributed by atoms with van der Waals surface area (Å²) in [4.78, 5) is 26.5. The fourth-order valence-electron chi connectivity index (χ4n) is 5.17. The van der Waals surface area contributed by atoms with Gasteiger partial charge in [0.1, 0.15) is 23.6 Å². The summed E-state index contributed by atoms with van der Waals surface area (Å²) >= 11 is 0. The lowest BCUT2D eigenvalue weighted by atomic mass is 10.1. The van der Waals surface area contributed by atoms with Crippen LogP contribution in [0.25, 0.3) is 27.8 Å². The number of fused-ring (bicyclic) bond motifs is 1. The lowest BCUT2D eigenvalue weighted by molar-refractivity contribution is -0.133. The molecule has 1 aliphatic heterocycles. The fourth-order valence-corrected chi connectivity index (χ4v) is 5.17. The Kier molecular flexibility index (Phi) is 7.06. The van der Waals surface area contributed by atoms with Gasteiger partial charge in [-0.3, -0.25) is 9.36 Å². The molecule has 6 rings (SSSR count). The van der Waals surface area contributed by atoms with Crippen LogP contribution in [0, 0.1) is 6.92 Å². The molecule has 1 saturated heterocycles. The number of methoxy groups -OCH3 is 1. The first-order chi connectivity index (χ1) is 19.6. The zero-order valence-corrected chi connectivity index (χ0v) is 22.7. The second-order valence-corrected chi connectivity index (χ2v) is 9.82. The van der Waals surface area contributed by atoms with Gasteiger partial charge >= 0.3 is 0 Å². The summed E-state index contributed by atoms with van der Waals surface area (Å²) in [6, 6.07) is 25.9. The van der Waals surface area contributed by atoms with Gasteiger partial charge in [0.15, 0.2) is 12.3 Å². The molecule has 0 atom stereocenters. The Balaban J connectivity index is 1.28. The number of ether oxygens (including phenoxy) is 2. The SMILES string of the molecule is COc1ccccc1-n1cc(-c2ccccc2)c2c(N3CCN(C(=O)COc4ccc(C)cc4)CC3)ncnc21. The van der Waals surface area contributed by atoms with E-state index in [0.29, 0.717) is 31.9 Å². The van der Waals surface area contributed by atoms with Crippen LogP contribution in [-0.4, -0.2) is 65.2 Å². The van der Waals surface area contributed by atoms with Crippen molar-refractivity contribution in [1.82, 2.24) is 19.4 Å². The van der Waals surface area contributed by atoms with Gasteiger partial charge in [-0.05, 0) is 36.8 Å². The van der Waals surface area contributed by atoms with Crippen LogP contribution in [0.4, 0.5) is 5.82 Å². The van der Waals surface area contributed by atoms with Crippen molar-refractivity contribution in [3.63, 3.8) is 0 Å². The van der Waals surface area contributed by atoms with E-state index in [1.54, 1.807) is 13.4 Å². The van der Waals surface area contributed by atoms with Crippen LogP contribution in [0.2, 0.25) is 0 Å². The number of benzene rings is 3. The summed E-state index contributed by atoms with van der Waals surface area (Å²) in [7, 11) is 1.68. The van der Waals surface area contributed by atoms with E-state index in [2.05, 4.69) is 27.8 Å². The van der Waals surface area contributed by atoms with E-state index in [-0.39, 0.29) is 12.5 Å². The molecule has 1 aliphatic rings. The molecule has 8 nitrogen and oxygen atoms in total. The highest BCUT2D eigenvalue weighted by Gasteiger charge is 2.26. The van der Waals surface area contributed by atoms with Gasteiger partial charge in [-0.1, -0.05) is 60.2 Å². The van der Waals surface area contributed by atoms with Crippen molar-refractivity contribution < 1.29 is 14.3 Å². The number of para-hydroxylation sites is 2. The van der Waals surface area contributed by atoms with Crippen LogP contribution >= 0.6 is 0 Å². The Morgan fingerprint density at radius 1 is 0.875 bits per heavy atom. The predicted octanol–water partition coefficient (Wildman–Crippen LogP) is 5.13. The number of carbonyl (C=O) groups is 1. The first-order valence-electron chi connectivity index (χ1n) is 13.4. The zero-order chi connectivity index (χ0) is 27.5. The minimum Gasteiger partial charge on any atom is -0.495 e. The third-order valence-corrected chi connectivity index (χ3v) is 7.31. The van der Waals surface area contributed by atoms with E-state index in [9.17, 15) is 4.79 Å². The minimum absolute atomic E-state index is 0.0136. The average Bonchev–Trinajstić information content (AvgIpc) is 3.41. The summed E-state index contributed by atoms with van der Waals surface area (Å²) < 4.78 is 13.5. The third kappa shape index (κ3) is 4.96. The third-order valence-electron chi connectivity index (χ3n) is 7.31.